The SMILES string of the molecule is CC1CC12CNCCN2C(=O)OC(C)(C)C. The van der Waals surface area contributed by atoms with Crippen molar-refractivity contribution in [1.29, 1.82) is 0 Å². The van der Waals surface area contributed by atoms with Crippen LogP contribution in [0.1, 0.15) is 34.1 Å². The van der Waals surface area contributed by atoms with Crippen LogP contribution in [0.2, 0.25) is 0 Å². The molecular weight excluding hydrogens is 204 g/mol. The molecule has 0 aromatic rings. The minimum Gasteiger partial charge on any atom is -0.444 e. The Kier molecular flexibility index (Phi) is 2.65. The molecule has 2 fully saturated rings. The highest BCUT2D eigenvalue weighted by Crippen LogP contribution is 2.49. The molecule has 2 atom stereocenters. The topological polar surface area (TPSA) is 41.6 Å². The van der Waals surface area contributed by atoms with Gasteiger partial charge in [0.1, 0.15) is 5.60 Å². The quantitative estimate of drug-likeness (QED) is 0.682. The van der Waals surface area contributed by atoms with Gasteiger partial charge in [0.25, 0.3) is 0 Å². The first kappa shape index (κ1) is 11.7. The molecule has 0 aromatic heterocycles. The smallest absolute Gasteiger partial charge is 0.410 e. The summed E-state index contributed by atoms with van der Waals surface area (Å²) < 4.78 is 5.46. The summed E-state index contributed by atoms with van der Waals surface area (Å²) in [5.41, 5.74) is -0.359. The molecule has 16 heavy (non-hydrogen) atoms. The second-order valence-electron chi connectivity index (χ2n) is 6.02. The van der Waals surface area contributed by atoms with Gasteiger partial charge in [-0.3, -0.25) is 4.90 Å². The Bertz CT molecular complexity index is 298. The van der Waals surface area contributed by atoms with Crippen LogP contribution in [-0.4, -0.2) is 41.8 Å². The van der Waals surface area contributed by atoms with Crippen LogP contribution in [0.5, 0.6) is 0 Å². The Labute approximate surface area is 97.3 Å². The summed E-state index contributed by atoms with van der Waals surface area (Å²) in [7, 11) is 0. The van der Waals surface area contributed by atoms with Crippen molar-refractivity contribution in [2.24, 2.45) is 5.92 Å². The van der Waals surface area contributed by atoms with Crippen LogP contribution in [-0.2, 0) is 4.74 Å². The summed E-state index contributed by atoms with van der Waals surface area (Å²) in [5, 5.41) is 3.37. The molecule has 1 N–H and O–H groups in total. The predicted octanol–water partition coefficient (Wildman–Crippen LogP) is 1.61. The van der Waals surface area contributed by atoms with E-state index in [1.54, 1.807) is 0 Å². The van der Waals surface area contributed by atoms with Crippen LogP contribution in [0.4, 0.5) is 4.79 Å². The molecule has 2 unspecified atom stereocenters. The van der Waals surface area contributed by atoms with Gasteiger partial charge in [0.05, 0.1) is 5.54 Å². The van der Waals surface area contributed by atoms with Crippen molar-refractivity contribution in [3.63, 3.8) is 0 Å². The zero-order valence-corrected chi connectivity index (χ0v) is 10.7. The van der Waals surface area contributed by atoms with E-state index in [2.05, 4.69) is 12.2 Å². The number of piperazine rings is 1. The van der Waals surface area contributed by atoms with Gasteiger partial charge in [-0.15, -0.1) is 0 Å². The lowest BCUT2D eigenvalue weighted by Crippen LogP contribution is -2.57. The van der Waals surface area contributed by atoms with Crippen molar-refractivity contribution in [2.45, 2.75) is 45.3 Å². The monoisotopic (exact) mass is 226 g/mol. The first-order valence-electron chi connectivity index (χ1n) is 6.06. The molecule has 0 radical (unpaired) electrons. The number of rotatable bonds is 0. The summed E-state index contributed by atoms with van der Waals surface area (Å²) in [6, 6.07) is 0. The van der Waals surface area contributed by atoms with Gasteiger partial charge in [-0.2, -0.15) is 0 Å². The third kappa shape index (κ3) is 2.03. The third-order valence-electron chi connectivity index (χ3n) is 3.51. The molecule has 92 valence electrons. The van der Waals surface area contributed by atoms with Gasteiger partial charge >= 0.3 is 6.09 Å². The first-order valence-corrected chi connectivity index (χ1v) is 6.06. The van der Waals surface area contributed by atoms with Gasteiger partial charge in [0.2, 0.25) is 0 Å². The molecule has 1 spiro atoms. The molecule has 2 rings (SSSR count). The van der Waals surface area contributed by atoms with E-state index in [1.807, 2.05) is 25.7 Å². The molecule has 1 amide bonds. The summed E-state index contributed by atoms with van der Waals surface area (Å²) in [4.78, 5) is 14.0. The van der Waals surface area contributed by atoms with E-state index in [9.17, 15) is 4.79 Å². The van der Waals surface area contributed by atoms with Gasteiger partial charge in [-0.05, 0) is 33.1 Å². The van der Waals surface area contributed by atoms with E-state index in [0.717, 1.165) is 26.1 Å². The Morgan fingerprint density at radius 1 is 1.50 bits per heavy atom. The standard InChI is InChI=1S/C12H22N2O2/c1-9-7-12(9)8-13-5-6-14(12)10(15)16-11(2,3)4/h9,13H,5-8H2,1-4H3. The van der Waals surface area contributed by atoms with Crippen molar-refractivity contribution in [1.82, 2.24) is 10.2 Å². The van der Waals surface area contributed by atoms with Crippen molar-refractivity contribution >= 4 is 6.09 Å². The number of ether oxygens (including phenoxy) is 1. The Morgan fingerprint density at radius 3 is 2.62 bits per heavy atom. The van der Waals surface area contributed by atoms with Gasteiger partial charge in [0, 0.05) is 19.6 Å². The zero-order chi connectivity index (χ0) is 12.0. The second-order valence-corrected chi connectivity index (χ2v) is 6.02. The maximum absolute atomic E-state index is 12.1. The van der Waals surface area contributed by atoms with Gasteiger partial charge in [0.15, 0.2) is 0 Å². The van der Waals surface area contributed by atoms with Crippen LogP contribution in [0.15, 0.2) is 0 Å². The molecule has 1 saturated carbocycles. The van der Waals surface area contributed by atoms with Crippen molar-refractivity contribution in [3.8, 4) is 0 Å². The molecule has 1 heterocycles. The molecule has 0 aromatic carbocycles. The molecular formula is C12H22N2O2. The van der Waals surface area contributed by atoms with Crippen LogP contribution in [0, 0.1) is 5.92 Å². The average Bonchev–Trinajstić information content (AvgIpc) is 2.74. The van der Waals surface area contributed by atoms with Crippen LogP contribution in [0.3, 0.4) is 0 Å². The second kappa shape index (κ2) is 3.62. The van der Waals surface area contributed by atoms with Gasteiger partial charge < -0.3 is 10.1 Å². The number of hydrogen-bond acceptors (Lipinski definition) is 3. The fourth-order valence-electron chi connectivity index (χ4n) is 2.50. The summed E-state index contributed by atoms with van der Waals surface area (Å²) in [6.45, 7) is 10.5. The molecule has 1 aliphatic carbocycles. The Morgan fingerprint density at radius 2 is 2.12 bits per heavy atom. The molecule has 4 nitrogen and oxygen atoms in total. The lowest BCUT2D eigenvalue weighted by Gasteiger charge is -2.38. The van der Waals surface area contributed by atoms with E-state index in [-0.39, 0.29) is 11.6 Å². The van der Waals surface area contributed by atoms with Gasteiger partial charge in [-0.1, -0.05) is 6.92 Å². The maximum Gasteiger partial charge on any atom is 0.410 e. The number of amides is 1. The summed E-state index contributed by atoms with van der Waals surface area (Å²) in [5.74, 6) is 0.591. The Balaban J connectivity index is 2.05. The van der Waals surface area contributed by atoms with E-state index in [4.69, 9.17) is 4.74 Å². The Hall–Kier alpha value is -0.770. The number of hydrogen-bond donors (Lipinski definition) is 1. The van der Waals surface area contributed by atoms with Crippen LogP contribution < -0.4 is 5.32 Å². The van der Waals surface area contributed by atoms with Crippen LogP contribution in [0.25, 0.3) is 0 Å². The number of carbonyl (C=O) groups is 1. The van der Waals surface area contributed by atoms with Crippen molar-refractivity contribution in [3.05, 3.63) is 0 Å². The molecule has 0 bridgehead atoms. The maximum atomic E-state index is 12.1. The van der Waals surface area contributed by atoms with E-state index < -0.39 is 5.60 Å². The molecule has 2 aliphatic rings. The highest BCUT2D eigenvalue weighted by atomic mass is 16.6. The fraction of sp³-hybridized carbons (Fsp3) is 0.917. The third-order valence-corrected chi connectivity index (χ3v) is 3.51. The molecule has 1 aliphatic heterocycles. The molecule has 4 heteroatoms. The van der Waals surface area contributed by atoms with E-state index in [1.165, 1.54) is 0 Å². The van der Waals surface area contributed by atoms with Crippen LogP contribution >= 0.6 is 0 Å². The summed E-state index contributed by atoms with van der Waals surface area (Å²) >= 11 is 0. The van der Waals surface area contributed by atoms with Crippen molar-refractivity contribution in [2.75, 3.05) is 19.6 Å². The minimum absolute atomic E-state index is 0.0422. The average molecular weight is 226 g/mol. The first-order chi connectivity index (χ1) is 7.35. The lowest BCUT2D eigenvalue weighted by molar-refractivity contribution is 0.00637. The van der Waals surface area contributed by atoms with E-state index in [0.29, 0.717) is 5.92 Å². The predicted molar refractivity (Wildman–Crippen MR) is 62.3 cm³/mol. The molecule has 1 saturated heterocycles. The highest BCUT2D eigenvalue weighted by Gasteiger charge is 2.58. The number of nitrogens with zero attached hydrogens (tertiary/aromatic N) is 1. The zero-order valence-electron chi connectivity index (χ0n) is 10.7. The highest BCUT2D eigenvalue weighted by molar-refractivity contribution is 5.70. The largest absolute Gasteiger partial charge is 0.444 e. The fourth-order valence-corrected chi connectivity index (χ4v) is 2.50. The minimum atomic E-state index is -0.402. The van der Waals surface area contributed by atoms with E-state index >= 15 is 0 Å². The van der Waals surface area contributed by atoms with Crippen molar-refractivity contribution < 1.29 is 9.53 Å². The summed E-state index contributed by atoms with van der Waals surface area (Å²) in [6.07, 6.45) is 0.942. The number of carbonyl (C=O) groups excluding carboxylic acids is 1. The van der Waals surface area contributed by atoms with Gasteiger partial charge in [-0.25, -0.2) is 4.79 Å². The normalized spacial score (nSPS) is 34.0. The lowest BCUT2D eigenvalue weighted by atomic mass is 10.1. The number of nitrogens with one attached hydrogen (secondary N) is 1.